The fourth-order valence-corrected chi connectivity index (χ4v) is 1.94. The quantitative estimate of drug-likeness (QED) is 0.608. The van der Waals surface area contributed by atoms with Crippen LogP contribution in [0.2, 0.25) is 0 Å². The number of benzene rings is 1. The molecule has 0 aromatic heterocycles. The Morgan fingerprint density at radius 3 is 2.65 bits per heavy atom. The van der Waals surface area contributed by atoms with Crippen molar-refractivity contribution in [3.05, 3.63) is 33.9 Å². The second-order valence-electron chi connectivity index (χ2n) is 4.57. The molecule has 2 N–H and O–H groups in total. The minimum absolute atomic E-state index is 0.113. The molecule has 0 bridgehead atoms. The number of amides is 1. The lowest BCUT2D eigenvalue weighted by molar-refractivity contribution is -0.385. The summed E-state index contributed by atoms with van der Waals surface area (Å²) in [6, 6.07) is 3.87. The van der Waals surface area contributed by atoms with E-state index in [1.807, 2.05) is 0 Å². The van der Waals surface area contributed by atoms with Gasteiger partial charge in [-0.3, -0.25) is 14.9 Å². The van der Waals surface area contributed by atoms with Gasteiger partial charge in [0.25, 0.3) is 11.6 Å². The molecule has 0 aliphatic carbocycles. The normalized spacial score (nSPS) is 13.4. The molecular weight excluding hydrogens is 264 g/mol. The maximum absolute atomic E-state index is 12.2. The highest BCUT2D eigenvalue weighted by Crippen LogP contribution is 2.28. The van der Waals surface area contributed by atoms with Crippen molar-refractivity contribution in [3.8, 4) is 5.75 Å². The number of nitrogens with one attached hydrogen (secondary N) is 1. The maximum atomic E-state index is 12.2. The standard InChI is InChI=1S/C13H18N2O5/c1-8(7-9(2)16)14-13(17)12-10(15(18)19)5-4-6-11(12)20-3/h4-6,8-9,16H,7H2,1-3H3,(H,14,17). The van der Waals surface area contributed by atoms with Crippen LogP contribution in [0.5, 0.6) is 5.75 Å². The van der Waals surface area contributed by atoms with E-state index in [2.05, 4.69) is 5.32 Å². The van der Waals surface area contributed by atoms with Gasteiger partial charge in [-0.15, -0.1) is 0 Å². The Balaban J connectivity index is 3.05. The van der Waals surface area contributed by atoms with Gasteiger partial charge < -0.3 is 15.2 Å². The number of hydrogen-bond acceptors (Lipinski definition) is 5. The Kier molecular flexibility index (Phi) is 5.45. The van der Waals surface area contributed by atoms with Crippen LogP contribution in [0.4, 0.5) is 5.69 Å². The molecule has 0 aliphatic heterocycles. The zero-order valence-electron chi connectivity index (χ0n) is 11.6. The predicted molar refractivity (Wildman–Crippen MR) is 72.9 cm³/mol. The summed E-state index contributed by atoms with van der Waals surface area (Å²) < 4.78 is 5.01. The molecule has 0 fully saturated rings. The van der Waals surface area contributed by atoms with Gasteiger partial charge in [0.15, 0.2) is 5.56 Å². The van der Waals surface area contributed by atoms with Crippen LogP contribution in [0.15, 0.2) is 18.2 Å². The van der Waals surface area contributed by atoms with E-state index in [1.54, 1.807) is 13.8 Å². The van der Waals surface area contributed by atoms with E-state index in [1.165, 1.54) is 25.3 Å². The van der Waals surface area contributed by atoms with E-state index in [-0.39, 0.29) is 23.0 Å². The Labute approximate surface area is 116 Å². The minimum atomic E-state index is -0.628. The second-order valence-corrected chi connectivity index (χ2v) is 4.57. The van der Waals surface area contributed by atoms with Gasteiger partial charge >= 0.3 is 0 Å². The number of aliphatic hydroxyl groups is 1. The maximum Gasteiger partial charge on any atom is 0.285 e. The third kappa shape index (κ3) is 3.92. The number of nitrogens with zero attached hydrogens (tertiary/aromatic N) is 1. The van der Waals surface area contributed by atoms with E-state index >= 15 is 0 Å². The highest BCUT2D eigenvalue weighted by molar-refractivity contribution is 6.01. The first-order valence-electron chi connectivity index (χ1n) is 6.17. The predicted octanol–water partition coefficient (Wildman–Crippen LogP) is 1.49. The summed E-state index contributed by atoms with van der Waals surface area (Å²) in [4.78, 5) is 22.5. The van der Waals surface area contributed by atoms with Crippen LogP contribution in [-0.2, 0) is 0 Å². The Morgan fingerprint density at radius 1 is 1.50 bits per heavy atom. The smallest absolute Gasteiger partial charge is 0.285 e. The summed E-state index contributed by atoms with van der Waals surface area (Å²) in [6.45, 7) is 3.32. The summed E-state index contributed by atoms with van der Waals surface area (Å²) in [5.74, 6) is -0.455. The van der Waals surface area contributed by atoms with Crippen molar-refractivity contribution in [1.82, 2.24) is 5.32 Å². The molecule has 110 valence electrons. The highest BCUT2D eigenvalue weighted by atomic mass is 16.6. The molecular formula is C13H18N2O5. The van der Waals surface area contributed by atoms with E-state index in [9.17, 15) is 20.0 Å². The molecule has 0 radical (unpaired) electrons. The molecule has 2 atom stereocenters. The minimum Gasteiger partial charge on any atom is -0.496 e. The van der Waals surface area contributed by atoms with Crippen LogP contribution in [0, 0.1) is 10.1 Å². The number of rotatable bonds is 6. The van der Waals surface area contributed by atoms with E-state index in [0.29, 0.717) is 6.42 Å². The van der Waals surface area contributed by atoms with Gasteiger partial charge in [0.1, 0.15) is 5.75 Å². The Hall–Kier alpha value is -2.15. The molecule has 7 nitrogen and oxygen atoms in total. The summed E-state index contributed by atoms with van der Waals surface area (Å²) in [7, 11) is 1.34. The molecule has 0 aliphatic rings. The molecule has 0 saturated carbocycles. The van der Waals surface area contributed by atoms with E-state index in [4.69, 9.17) is 4.74 Å². The van der Waals surface area contributed by atoms with E-state index in [0.717, 1.165) is 0 Å². The van der Waals surface area contributed by atoms with Crippen molar-refractivity contribution in [2.45, 2.75) is 32.4 Å². The van der Waals surface area contributed by atoms with Crippen molar-refractivity contribution < 1.29 is 19.6 Å². The molecule has 0 spiro atoms. The van der Waals surface area contributed by atoms with Crippen molar-refractivity contribution in [2.75, 3.05) is 7.11 Å². The van der Waals surface area contributed by atoms with Gasteiger partial charge in [-0.1, -0.05) is 6.07 Å². The first kappa shape index (κ1) is 15.9. The van der Waals surface area contributed by atoms with Crippen LogP contribution in [-0.4, -0.2) is 35.2 Å². The average molecular weight is 282 g/mol. The molecule has 1 aromatic carbocycles. The van der Waals surface area contributed by atoms with Gasteiger partial charge in [0.2, 0.25) is 0 Å². The van der Waals surface area contributed by atoms with Gasteiger partial charge in [-0.2, -0.15) is 0 Å². The Morgan fingerprint density at radius 2 is 2.15 bits per heavy atom. The topological polar surface area (TPSA) is 102 Å². The summed E-state index contributed by atoms with van der Waals surface area (Å²) in [5, 5.41) is 22.9. The van der Waals surface area contributed by atoms with Crippen molar-refractivity contribution >= 4 is 11.6 Å². The van der Waals surface area contributed by atoms with Crippen LogP contribution < -0.4 is 10.1 Å². The molecule has 7 heteroatoms. The number of carbonyl (C=O) groups is 1. The highest BCUT2D eigenvalue weighted by Gasteiger charge is 2.25. The Bertz CT molecular complexity index is 502. The average Bonchev–Trinajstić information content (AvgIpc) is 2.36. The molecule has 20 heavy (non-hydrogen) atoms. The molecule has 0 saturated heterocycles. The molecule has 1 amide bonds. The molecule has 1 aromatic rings. The van der Waals surface area contributed by atoms with Crippen LogP contribution in [0.3, 0.4) is 0 Å². The van der Waals surface area contributed by atoms with E-state index < -0.39 is 16.9 Å². The first-order chi connectivity index (χ1) is 9.36. The van der Waals surface area contributed by atoms with Crippen LogP contribution >= 0.6 is 0 Å². The van der Waals surface area contributed by atoms with Crippen LogP contribution in [0.1, 0.15) is 30.6 Å². The second kappa shape index (κ2) is 6.85. The number of hydrogen-bond donors (Lipinski definition) is 2. The lowest BCUT2D eigenvalue weighted by Crippen LogP contribution is -2.35. The van der Waals surface area contributed by atoms with Crippen molar-refractivity contribution in [2.24, 2.45) is 0 Å². The third-order valence-electron chi connectivity index (χ3n) is 2.72. The SMILES string of the molecule is COc1cccc([N+](=O)[O-])c1C(=O)NC(C)CC(C)O. The zero-order valence-corrected chi connectivity index (χ0v) is 11.6. The van der Waals surface area contributed by atoms with Gasteiger partial charge in [0, 0.05) is 12.1 Å². The molecule has 2 unspecified atom stereocenters. The van der Waals surface area contributed by atoms with Crippen LogP contribution in [0.25, 0.3) is 0 Å². The number of methoxy groups -OCH3 is 1. The van der Waals surface area contributed by atoms with Gasteiger partial charge in [-0.05, 0) is 26.3 Å². The molecule has 1 rings (SSSR count). The lowest BCUT2D eigenvalue weighted by atomic mass is 10.1. The fraction of sp³-hybridized carbons (Fsp3) is 0.462. The fourth-order valence-electron chi connectivity index (χ4n) is 1.94. The third-order valence-corrected chi connectivity index (χ3v) is 2.72. The number of nitro benzene ring substituents is 1. The summed E-state index contributed by atoms with van der Waals surface area (Å²) >= 11 is 0. The monoisotopic (exact) mass is 282 g/mol. The number of nitro groups is 1. The first-order valence-corrected chi connectivity index (χ1v) is 6.17. The number of carbonyl (C=O) groups excluding carboxylic acids is 1. The largest absolute Gasteiger partial charge is 0.496 e. The zero-order chi connectivity index (χ0) is 15.3. The van der Waals surface area contributed by atoms with Gasteiger partial charge in [-0.25, -0.2) is 0 Å². The summed E-state index contributed by atoms with van der Waals surface area (Å²) in [5.41, 5.74) is -0.427. The number of ether oxygens (including phenoxy) is 1. The van der Waals surface area contributed by atoms with Crippen molar-refractivity contribution in [1.29, 1.82) is 0 Å². The summed E-state index contributed by atoms with van der Waals surface area (Å²) in [6.07, 6.45) is -0.215. The van der Waals surface area contributed by atoms with Crippen molar-refractivity contribution in [3.63, 3.8) is 0 Å². The molecule has 0 heterocycles. The lowest BCUT2D eigenvalue weighted by Gasteiger charge is -2.16. The van der Waals surface area contributed by atoms with Gasteiger partial charge in [0.05, 0.1) is 18.1 Å². The number of aliphatic hydroxyl groups excluding tert-OH is 1.